The van der Waals surface area contributed by atoms with Crippen molar-refractivity contribution in [2.75, 3.05) is 12.4 Å². The Morgan fingerprint density at radius 1 is 0.967 bits per heavy atom. The Morgan fingerprint density at radius 3 is 2.20 bits per heavy atom. The molecule has 1 N–H and O–H groups in total. The number of ether oxygens (including phenoxy) is 1. The van der Waals surface area contributed by atoms with Crippen LogP contribution in [0.25, 0.3) is 20.4 Å². The van der Waals surface area contributed by atoms with E-state index in [9.17, 15) is 14.7 Å². The van der Waals surface area contributed by atoms with Crippen LogP contribution in [-0.4, -0.2) is 50.0 Å². The molecule has 0 amide bonds. The number of Topliss-reactive ketones (excluding diaryl/α,β-unsaturated/α-hetero) is 1. The number of cyclic esters (lactones) is 1. The SMILES string of the molecule is O=C1OC(CO)(CSc2nc3ccccc3s2)C(Sc2nc3ccccc3s2)C1=O. The van der Waals surface area contributed by atoms with Gasteiger partial charge in [-0.05, 0) is 24.3 Å². The number of carbonyl (C=O) groups is 2. The summed E-state index contributed by atoms with van der Waals surface area (Å²) in [6, 6.07) is 15.5. The van der Waals surface area contributed by atoms with E-state index in [4.69, 9.17) is 4.74 Å². The Morgan fingerprint density at radius 2 is 1.57 bits per heavy atom. The van der Waals surface area contributed by atoms with Gasteiger partial charge in [-0.3, -0.25) is 4.79 Å². The fourth-order valence-electron chi connectivity index (χ4n) is 3.16. The molecule has 1 fully saturated rings. The third kappa shape index (κ3) is 3.52. The number of benzene rings is 2. The molecule has 0 radical (unpaired) electrons. The molecule has 1 aliphatic heterocycles. The monoisotopic (exact) mass is 474 g/mol. The van der Waals surface area contributed by atoms with Crippen molar-refractivity contribution >= 4 is 78.4 Å². The van der Waals surface area contributed by atoms with E-state index in [-0.39, 0.29) is 5.75 Å². The number of ketones is 1. The molecule has 0 saturated carbocycles. The lowest BCUT2D eigenvalue weighted by molar-refractivity contribution is -0.154. The fraction of sp³-hybridized carbons (Fsp3) is 0.200. The molecule has 2 unspecified atom stereocenters. The molecule has 2 aromatic carbocycles. The van der Waals surface area contributed by atoms with Crippen LogP contribution in [0.5, 0.6) is 0 Å². The molecular weight excluding hydrogens is 460 g/mol. The highest BCUT2D eigenvalue weighted by Crippen LogP contribution is 2.43. The largest absolute Gasteiger partial charge is 0.448 e. The molecule has 4 aromatic rings. The number of carbonyl (C=O) groups excluding carboxylic acids is 2. The maximum atomic E-state index is 12.6. The van der Waals surface area contributed by atoms with Crippen LogP contribution in [0.15, 0.2) is 57.2 Å². The van der Waals surface area contributed by atoms with Crippen LogP contribution in [0.3, 0.4) is 0 Å². The maximum Gasteiger partial charge on any atom is 0.376 e. The van der Waals surface area contributed by atoms with Gasteiger partial charge in [-0.25, -0.2) is 14.8 Å². The molecule has 1 saturated heterocycles. The summed E-state index contributed by atoms with van der Waals surface area (Å²) >= 11 is 5.54. The van der Waals surface area contributed by atoms with Crippen LogP contribution in [0.2, 0.25) is 0 Å². The van der Waals surface area contributed by atoms with E-state index in [2.05, 4.69) is 9.97 Å². The first-order valence-electron chi connectivity index (χ1n) is 8.97. The Labute approximate surface area is 187 Å². The molecule has 6 nitrogen and oxygen atoms in total. The van der Waals surface area contributed by atoms with Gasteiger partial charge in [-0.15, -0.1) is 22.7 Å². The summed E-state index contributed by atoms with van der Waals surface area (Å²) in [5.41, 5.74) is 0.406. The zero-order chi connectivity index (χ0) is 20.7. The van der Waals surface area contributed by atoms with Crippen LogP contribution in [0.4, 0.5) is 0 Å². The van der Waals surface area contributed by atoms with Crippen LogP contribution in [0, 0.1) is 0 Å². The predicted octanol–water partition coefficient (Wildman–Crippen LogP) is 4.02. The van der Waals surface area contributed by atoms with E-state index in [1.54, 1.807) is 0 Å². The summed E-state index contributed by atoms with van der Waals surface area (Å²) in [6.07, 6.45) is 0. The van der Waals surface area contributed by atoms with Crippen LogP contribution in [-0.2, 0) is 14.3 Å². The van der Waals surface area contributed by atoms with Crippen molar-refractivity contribution < 1.29 is 19.4 Å². The second kappa shape index (κ2) is 7.93. The molecule has 0 aliphatic carbocycles. The first kappa shape index (κ1) is 20.0. The van der Waals surface area contributed by atoms with Crippen LogP contribution in [0.1, 0.15) is 0 Å². The van der Waals surface area contributed by atoms with Crippen LogP contribution < -0.4 is 0 Å². The molecule has 2 atom stereocenters. The molecule has 152 valence electrons. The molecule has 3 heterocycles. The Balaban J connectivity index is 1.41. The van der Waals surface area contributed by atoms with Gasteiger partial charge >= 0.3 is 5.97 Å². The van der Waals surface area contributed by atoms with Crippen molar-refractivity contribution in [3.8, 4) is 0 Å². The van der Waals surface area contributed by atoms with E-state index in [0.717, 1.165) is 24.8 Å². The number of thioether (sulfide) groups is 2. The lowest BCUT2D eigenvalue weighted by atomic mass is 10.0. The third-order valence-corrected chi connectivity index (χ3v) is 9.64. The van der Waals surface area contributed by atoms with Crippen molar-refractivity contribution in [3.63, 3.8) is 0 Å². The number of para-hydroxylation sites is 2. The first-order chi connectivity index (χ1) is 14.6. The summed E-state index contributed by atoms with van der Waals surface area (Å²) in [6.45, 7) is -0.453. The number of rotatable bonds is 6. The van der Waals surface area contributed by atoms with Crippen LogP contribution >= 0.6 is 46.2 Å². The number of hydrogen-bond acceptors (Lipinski definition) is 10. The Kier molecular flexibility index (Phi) is 5.28. The molecule has 30 heavy (non-hydrogen) atoms. The topological polar surface area (TPSA) is 89.4 Å². The lowest BCUT2D eigenvalue weighted by Gasteiger charge is -2.28. The van der Waals surface area contributed by atoms with Gasteiger partial charge in [0.05, 0.1) is 27.0 Å². The van der Waals surface area contributed by atoms with Crippen molar-refractivity contribution in [2.45, 2.75) is 19.5 Å². The molecule has 10 heteroatoms. The molecular formula is C20H14N2O4S4. The van der Waals surface area contributed by atoms with Gasteiger partial charge < -0.3 is 9.84 Å². The Hall–Kier alpha value is -1.98. The number of aliphatic hydroxyl groups excluding tert-OH is 1. The summed E-state index contributed by atoms with van der Waals surface area (Å²) in [5.74, 6) is -1.32. The van der Waals surface area contributed by atoms with E-state index in [1.165, 1.54) is 46.2 Å². The summed E-state index contributed by atoms with van der Waals surface area (Å²) < 4.78 is 8.95. The van der Waals surface area contributed by atoms with E-state index in [0.29, 0.717) is 4.34 Å². The van der Waals surface area contributed by atoms with Gasteiger partial charge in [-0.2, -0.15) is 0 Å². The normalized spacial score (nSPS) is 21.6. The third-order valence-electron chi connectivity index (χ3n) is 4.69. The minimum atomic E-state index is -1.32. The standard InChI is InChI=1S/C20H14N2O4S4/c23-9-20(10-27-18-21-11-5-1-3-7-13(11)28-18)16(15(24)17(25)26-20)30-19-22-12-6-2-4-8-14(12)29-19/h1-8,16,23H,9-10H2. The smallest absolute Gasteiger partial charge is 0.376 e. The predicted molar refractivity (Wildman–Crippen MR) is 121 cm³/mol. The highest BCUT2D eigenvalue weighted by atomic mass is 32.2. The zero-order valence-corrected chi connectivity index (χ0v) is 18.6. The molecule has 0 spiro atoms. The fourth-order valence-corrected chi connectivity index (χ4v) is 7.92. The number of aromatic nitrogens is 2. The molecule has 5 rings (SSSR count). The molecule has 2 aromatic heterocycles. The zero-order valence-electron chi connectivity index (χ0n) is 15.3. The number of fused-ring (bicyclic) bond motifs is 2. The minimum Gasteiger partial charge on any atom is -0.448 e. The lowest BCUT2D eigenvalue weighted by Crippen LogP contribution is -2.45. The van der Waals surface area contributed by atoms with Crippen molar-refractivity contribution in [1.29, 1.82) is 0 Å². The summed E-state index contributed by atoms with van der Waals surface area (Å²) in [5, 5.41) is 9.30. The average Bonchev–Trinajstić information content (AvgIpc) is 3.42. The van der Waals surface area contributed by atoms with E-state index in [1.807, 2.05) is 48.5 Å². The van der Waals surface area contributed by atoms with E-state index >= 15 is 0 Å². The van der Waals surface area contributed by atoms with Crippen molar-refractivity contribution in [1.82, 2.24) is 9.97 Å². The minimum absolute atomic E-state index is 0.226. The van der Waals surface area contributed by atoms with Gasteiger partial charge in [0.25, 0.3) is 5.78 Å². The molecule has 0 bridgehead atoms. The number of thiazole rings is 2. The number of esters is 1. The average molecular weight is 475 g/mol. The highest BCUT2D eigenvalue weighted by Gasteiger charge is 2.56. The van der Waals surface area contributed by atoms with Crippen molar-refractivity contribution in [3.05, 3.63) is 48.5 Å². The van der Waals surface area contributed by atoms with Gasteiger partial charge in [0.2, 0.25) is 0 Å². The maximum absolute atomic E-state index is 12.6. The summed E-state index contributed by atoms with van der Waals surface area (Å²) in [7, 11) is 0. The second-order valence-electron chi connectivity index (χ2n) is 6.66. The van der Waals surface area contributed by atoms with Gasteiger partial charge in [-0.1, -0.05) is 47.8 Å². The first-order valence-corrected chi connectivity index (χ1v) is 12.5. The van der Waals surface area contributed by atoms with E-state index < -0.39 is 29.2 Å². The molecule has 1 aliphatic rings. The summed E-state index contributed by atoms with van der Waals surface area (Å²) in [4.78, 5) is 33.9. The van der Waals surface area contributed by atoms with Crippen molar-refractivity contribution in [2.24, 2.45) is 0 Å². The number of hydrogen-bond donors (Lipinski definition) is 1. The van der Waals surface area contributed by atoms with Gasteiger partial charge in [0, 0.05) is 5.75 Å². The number of aliphatic hydroxyl groups is 1. The van der Waals surface area contributed by atoms with Gasteiger partial charge in [0.1, 0.15) is 5.25 Å². The highest BCUT2D eigenvalue weighted by molar-refractivity contribution is 8.03. The quantitative estimate of drug-likeness (QED) is 0.255. The Bertz CT molecular complexity index is 1200. The number of nitrogens with zero attached hydrogens (tertiary/aromatic N) is 2. The second-order valence-corrected chi connectivity index (χ2v) is 11.3. The van der Waals surface area contributed by atoms with Gasteiger partial charge in [0.15, 0.2) is 14.3 Å².